The Morgan fingerprint density at radius 3 is 2.40 bits per heavy atom. The summed E-state index contributed by atoms with van der Waals surface area (Å²) in [6, 6.07) is 3.40. The van der Waals surface area contributed by atoms with Gasteiger partial charge in [-0.15, -0.1) is 0 Å². The molecule has 1 N–H and O–H groups in total. The summed E-state index contributed by atoms with van der Waals surface area (Å²) >= 11 is 0. The lowest BCUT2D eigenvalue weighted by molar-refractivity contribution is 0.0514. The van der Waals surface area contributed by atoms with Crippen molar-refractivity contribution in [1.29, 1.82) is 0 Å². The molecule has 1 aromatic carbocycles. The number of unbranched alkanes of at least 4 members (excludes halogenated alkanes) is 1. The molecule has 0 aliphatic carbocycles. The lowest BCUT2D eigenvalue weighted by Gasteiger charge is -2.15. The Labute approximate surface area is 119 Å². The largest absolute Gasteiger partial charge is 0.478 e. The van der Waals surface area contributed by atoms with E-state index in [9.17, 15) is 14.7 Å². The zero-order chi connectivity index (χ0) is 15.1. The number of carbonyl (C=O) groups excluding carboxylic acids is 1. The molecule has 0 aliphatic rings. The van der Waals surface area contributed by atoms with E-state index in [0.29, 0.717) is 6.42 Å². The van der Waals surface area contributed by atoms with Gasteiger partial charge in [0.05, 0.1) is 17.7 Å². The molecule has 20 heavy (non-hydrogen) atoms. The fraction of sp³-hybridized carbons (Fsp3) is 0.500. The van der Waals surface area contributed by atoms with Crippen molar-refractivity contribution < 1.29 is 19.4 Å². The van der Waals surface area contributed by atoms with Crippen LogP contribution in [0.2, 0.25) is 0 Å². The molecule has 0 aromatic heterocycles. The molecule has 4 nitrogen and oxygen atoms in total. The van der Waals surface area contributed by atoms with Crippen LogP contribution < -0.4 is 0 Å². The van der Waals surface area contributed by atoms with Crippen LogP contribution in [0.15, 0.2) is 12.1 Å². The van der Waals surface area contributed by atoms with Gasteiger partial charge in [0.15, 0.2) is 0 Å². The summed E-state index contributed by atoms with van der Waals surface area (Å²) < 4.78 is 4.95. The second kappa shape index (κ2) is 7.68. The summed E-state index contributed by atoms with van der Waals surface area (Å²) in [4.78, 5) is 23.5. The molecule has 0 atom stereocenters. The van der Waals surface area contributed by atoms with Crippen LogP contribution in [0.3, 0.4) is 0 Å². The lowest BCUT2D eigenvalue weighted by Crippen LogP contribution is -2.16. The molecular formula is C16H22O4. The van der Waals surface area contributed by atoms with Gasteiger partial charge in [0.2, 0.25) is 0 Å². The monoisotopic (exact) mass is 278 g/mol. The molecule has 0 aliphatic heterocycles. The van der Waals surface area contributed by atoms with Gasteiger partial charge in [-0.1, -0.05) is 26.3 Å². The third kappa shape index (κ3) is 3.59. The number of hydrogen-bond acceptors (Lipinski definition) is 3. The third-order valence-corrected chi connectivity index (χ3v) is 3.28. The summed E-state index contributed by atoms with van der Waals surface area (Å²) in [5.41, 5.74) is 2.02. The quantitative estimate of drug-likeness (QED) is 0.776. The third-order valence-electron chi connectivity index (χ3n) is 3.28. The van der Waals surface area contributed by atoms with Gasteiger partial charge in [-0.2, -0.15) is 0 Å². The van der Waals surface area contributed by atoms with Gasteiger partial charge in [0.25, 0.3) is 0 Å². The topological polar surface area (TPSA) is 63.6 Å². The van der Waals surface area contributed by atoms with E-state index in [-0.39, 0.29) is 17.7 Å². The van der Waals surface area contributed by atoms with Gasteiger partial charge in [-0.25, -0.2) is 9.59 Å². The molecule has 0 fully saturated rings. The first kappa shape index (κ1) is 16.2. The smallest absolute Gasteiger partial charge is 0.339 e. The number of carboxylic acid groups (broad SMARTS) is 1. The first-order chi connectivity index (χ1) is 9.56. The van der Waals surface area contributed by atoms with E-state index in [2.05, 4.69) is 6.92 Å². The molecule has 0 bridgehead atoms. The number of hydrogen-bond donors (Lipinski definition) is 1. The molecule has 1 aromatic rings. The van der Waals surface area contributed by atoms with Crippen molar-refractivity contribution >= 4 is 11.9 Å². The first-order valence-electron chi connectivity index (χ1n) is 7.11. The number of carbonyl (C=O) groups is 2. The van der Waals surface area contributed by atoms with Crippen LogP contribution in [0, 0.1) is 0 Å². The highest BCUT2D eigenvalue weighted by Crippen LogP contribution is 2.23. The maximum atomic E-state index is 11.9. The number of esters is 1. The van der Waals surface area contributed by atoms with E-state index < -0.39 is 11.9 Å². The second-order valence-electron chi connectivity index (χ2n) is 4.61. The van der Waals surface area contributed by atoms with Crippen molar-refractivity contribution in [3.05, 3.63) is 34.4 Å². The van der Waals surface area contributed by atoms with Gasteiger partial charge in [-0.3, -0.25) is 0 Å². The van der Waals surface area contributed by atoms with Gasteiger partial charge in [0, 0.05) is 0 Å². The Kier molecular flexibility index (Phi) is 6.22. The van der Waals surface area contributed by atoms with Crippen LogP contribution in [0.5, 0.6) is 0 Å². The highest BCUT2D eigenvalue weighted by atomic mass is 16.5. The van der Waals surface area contributed by atoms with Crippen molar-refractivity contribution in [1.82, 2.24) is 0 Å². The zero-order valence-corrected chi connectivity index (χ0v) is 12.4. The molecule has 1 rings (SSSR count). The normalized spacial score (nSPS) is 10.3. The van der Waals surface area contributed by atoms with E-state index in [1.54, 1.807) is 13.0 Å². The molecule has 110 valence electrons. The highest BCUT2D eigenvalue weighted by molar-refractivity contribution is 6.03. The minimum absolute atomic E-state index is 0.108. The predicted molar refractivity (Wildman–Crippen MR) is 77.3 cm³/mol. The Balaban J connectivity index is 3.38. The standard InChI is InChI=1S/C16H22O4/c1-4-7-8-12-11(5-2)9-10-13(14(12)15(17)18)16(19)20-6-3/h9-10H,4-8H2,1-3H3,(H,17,18). The van der Waals surface area contributed by atoms with Crippen LogP contribution in [0.25, 0.3) is 0 Å². The molecule has 0 heterocycles. The number of benzene rings is 1. The Hall–Kier alpha value is -1.84. The van der Waals surface area contributed by atoms with Crippen molar-refractivity contribution in [3.8, 4) is 0 Å². The summed E-state index contributed by atoms with van der Waals surface area (Å²) in [6.07, 6.45) is 3.31. The highest BCUT2D eigenvalue weighted by Gasteiger charge is 2.23. The van der Waals surface area contributed by atoms with Crippen molar-refractivity contribution in [2.75, 3.05) is 6.61 Å². The number of rotatable bonds is 7. The van der Waals surface area contributed by atoms with E-state index in [1.807, 2.05) is 13.0 Å². The molecule has 0 radical (unpaired) electrons. The van der Waals surface area contributed by atoms with E-state index in [0.717, 1.165) is 30.4 Å². The first-order valence-corrected chi connectivity index (χ1v) is 7.11. The minimum Gasteiger partial charge on any atom is -0.478 e. The number of aromatic carboxylic acids is 1. The predicted octanol–water partition coefficient (Wildman–Crippen LogP) is 3.47. The Morgan fingerprint density at radius 1 is 1.20 bits per heavy atom. The van der Waals surface area contributed by atoms with Crippen LogP contribution >= 0.6 is 0 Å². The lowest BCUT2D eigenvalue weighted by atomic mass is 9.91. The maximum Gasteiger partial charge on any atom is 0.339 e. The van der Waals surface area contributed by atoms with Crippen LogP contribution in [0.4, 0.5) is 0 Å². The van der Waals surface area contributed by atoms with Crippen LogP contribution in [-0.4, -0.2) is 23.7 Å². The maximum absolute atomic E-state index is 11.9. The van der Waals surface area contributed by atoms with Crippen molar-refractivity contribution in [2.45, 2.75) is 46.5 Å². The molecule has 0 amide bonds. The van der Waals surface area contributed by atoms with Gasteiger partial charge in [-0.05, 0) is 43.4 Å². The van der Waals surface area contributed by atoms with Gasteiger partial charge >= 0.3 is 11.9 Å². The fourth-order valence-corrected chi connectivity index (χ4v) is 2.28. The number of aryl methyl sites for hydroxylation is 1. The molecule has 0 unspecified atom stereocenters. The van der Waals surface area contributed by atoms with Gasteiger partial charge in [0.1, 0.15) is 0 Å². The SMILES string of the molecule is CCCCc1c(CC)ccc(C(=O)OCC)c1C(=O)O. The Bertz CT molecular complexity index is 491. The number of ether oxygens (including phenoxy) is 1. The van der Waals surface area contributed by atoms with E-state index in [1.165, 1.54) is 0 Å². The average molecular weight is 278 g/mol. The zero-order valence-electron chi connectivity index (χ0n) is 12.4. The van der Waals surface area contributed by atoms with E-state index in [4.69, 9.17) is 4.74 Å². The summed E-state index contributed by atoms with van der Waals surface area (Å²) in [7, 11) is 0. The summed E-state index contributed by atoms with van der Waals surface area (Å²) in [5.74, 6) is -1.63. The second-order valence-corrected chi connectivity index (χ2v) is 4.61. The molecule has 4 heteroatoms. The fourth-order valence-electron chi connectivity index (χ4n) is 2.28. The molecule has 0 saturated heterocycles. The average Bonchev–Trinajstić information content (AvgIpc) is 2.43. The molecular weight excluding hydrogens is 256 g/mol. The minimum atomic E-state index is -1.06. The molecule has 0 saturated carbocycles. The van der Waals surface area contributed by atoms with E-state index >= 15 is 0 Å². The van der Waals surface area contributed by atoms with Crippen LogP contribution in [-0.2, 0) is 17.6 Å². The summed E-state index contributed by atoms with van der Waals surface area (Å²) in [5, 5.41) is 9.48. The van der Waals surface area contributed by atoms with Crippen molar-refractivity contribution in [3.63, 3.8) is 0 Å². The van der Waals surface area contributed by atoms with Crippen molar-refractivity contribution in [2.24, 2.45) is 0 Å². The summed E-state index contributed by atoms with van der Waals surface area (Å²) in [6.45, 7) is 5.98. The van der Waals surface area contributed by atoms with Crippen LogP contribution in [0.1, 0.15) is 65.5 Å². The Morgan fingerprint density at radius 2 is 1.90 bits per heavy atom. The molecule has 0 spiro atoms. The van der Waals surface area contributed by atoms with Gasteiger partial charge < -0.3 is 9.84 Å². The number of carboxylic acids is 1.